The molecule has 0 aliphatic heterocycles. The summed E-state index contributed by atoms with van der Waals surface area (Å²) in [5, 5.41) is 0. The Hall–Kier alpha value is 4.41. The first-order chi connectivity index (χ1) is 2.00. The summed E-state index contributed by atoms with van der Waals surface area (Å²) in [5.41, 5.74) is 0. The van der Waals surface area contributed by atoms with E-state index >= 15 is 0 Å². The van der Waals surface area contributed by atoms with Crippen LogP contribution in [0.4, 0.5) is 0 Å². The molecule has 0 atom stereocenters. The van der Waals surface area contributed by atoms with Gasteiger partial charge in [-0.25, -0.2) is 4.57 Å². The van der Waals surface area contributed by atoms with E-state index in [-0.39, 0.29) is 139 Å². The van der Waals surface area contributed by atoms with Gasteiger partial charge in [-0.15, -0.1) is 0 Å². The van der Waals surface area contributed by atoms with Gasteiger partial charge in [0.2, 0.25) is 0 Å². The smallest absolute Gasteiger partial charge is 1.00 e. The van der Waals surface area contributed by atoms with Gasteiger partial charge in [0.15, 0.2) is 0 Å². The fourth-order valence-corrected chi connectivity index (χ4v) is 0. The minimum absolute atomic E-state index is 0. The number of hydrogen-bond donors (Lipinski definition) is 3. The summed E-state index contributed by atoms with van der Waals surface area (Å²) in [4.78, 5) is 21.6. The van der Waals surface area contributed by atoms with Crippen molar-refractivity contribution in [3.8, 4) is 0 Å². The predicted molar refractivity (Wildman–Crippen MR) is 38.2 cm³/mol. The van der Waals surface area contributed by atoms with Crippen LogP contribution in [0.15, 0.2) is 0 Å². The molecule has 9 heavy (non-hydrogen) atoms. The zero-order chi connectivity index (χ0) is 4.50. The van der Waals surface area contributed by atoms with Gasteiger partial charge in [-0.05, 0) is 0 Å². The molecule has 0 saturated heterocycles. The SMILES string of the molecule is O=P(O)(O)O.[Ca+2].[Ca+2].[Ca+2].[H-].[H-].[H-].[H-].[H-].[H-].[Mn]. The van der Waals surface area contributed by atoms with Gasteiger partial charge in [0.1, 0.15) is 0 Å². The summed E-state index contributed by atoms with van der Waals surface area (Å²) in [6, 6.07) is 0. The third-order valence-electron chi connectivity index (χ3n) is 0. The van der Waals surface area contributed by atoms with Crippen LogP contribution in [0.25, 0.3) is 0 Å². The van der Waals surface area contributed by atoms with Crippen LogP contribution >= 0.6 is 7.82 Å². The van der Waals surface area contributed by atoms with Crippen LogP contribution in [0.2, 0.25) is 0 Å². The first-order valence-corrected chi connectivity index (χ1v) is 2.35. The average Bonchev–Trinajstić information content (AvgIpc) is 0.722. The molecule has 0 aliphatic rings. The zero-order valence-corrected chi connectivity index (χ0v) is 13.4. The third kappa shape index (κ3) is 69.2. The van der Waals surface area contributed by atoms with Crippen molar-refractivity contribution < 1.29 is 44.9 Å². The second kappa shape index (κ2) is 14.9. The van der Waals surface area contributed by atoms with Crippen molar-refractivity contribution in [2.24, 2.45) is 0 Å². The molecule has 0 saturated carbocycles. The zero-order valence-electron chi connectivity index (χ0n) is 10.7. The largest absolute Gasteiger partial charge is 2.00 e. The molecule has 0 bridgehead atoms. The second-order valence-electron chi connectivity index (χ2n) is 0.513. The standard InChI is InChI=1S/3Ca.Mn.H3O4P.6H/c;;;;1-5(2,3)4;;;;;;/h;;;;(H3,1,2,3,4);;;;;;/q3*+2;;;6*-1. The van der Waals surface area contributed by atoms with E-state index in [1.54, 1.807) is 0 Å². The van der Waals surface area contributed by atoms with Gasteiger partial charge in [-0.3, -0.25) is 0 Å². The van der Waals surface area contributed by atoms with E-state index in [2.05, 4.69) is 0 Å². The number of rotatable bonds is 0. The summed E-state index contributed by atoms with van der Waals surface area (Å²) in [6.07, 6.45) is 0. The van der Waals surface area contributed by atoms with E-state index in [4.69, 9.17) is 19.2 Å². The molecular weight excluding hydrogens is 270 g/mol. The quantitative estimate of drug-likeness (QED) is 0.376. The van der Waals surface area contributed by atoms with Crippen LogP contribution in [0.5, 0.6) is 0 Å². The summed E-state index contributed by atoms with van der Waals surface area (Å²) < 4.78 is 8.88. The molecule has 0 unspecified atom stereocenters. The van der Waals surface area contributed by atoms with E-state index in [1.807, 2.05) is 0 Å². The van der Waals surface area contributed by atoms with Crippen molar-refractivity contribution in [1.82, 2.24) is 0 Å². The molecule has 0 rings (SSSR count). The molecule has 1 radical (unpaired) electrons. The Morgan fingerprint density at radius 1 is 1.00 bits per heavy atom. The molecule has 3 N–H and O–H groups in total. The monoisotopic (exact) mass is 279 g/mol. The minimum atomic E-state index is -4.64. The minimum Gasteiger partial charge on any atom is -1.00 e. The van der Waals surface area contributed by atoms with Crippen molar-refractivity contribution in [3.05, 3.63) is 0 Å². The Morgan fingerprint density at radius 2 is 1.00 bits per heavy atom. The fraction of sp³-hybridized carbons (Fsp3) is 0. The van der Waals surface area contributed by atoms with Gasteiger partial charge < -0.3 is 23.2 Å². The molecular formula is H9Ca3MnO4P. The maximum Gasteiger partial charge on any atom is 2.00 e. The van der Waals surface area contributed by atoms with E-state index in [0.717, 1.165) is 0 Å². The van der Waals surface area contributed by atoms with Gasteiger partial charge in [0, 0.05) is 17.1 Å². The normalized spacial score (nSPS) is 6.56. The molecule has 0 fully saturated rings. The topological polar surface area (TPSA) is 77.8 Å². The van der Waals surface area contributed by atoms with Crippen LogP contribution in [0.3, 0.4) is 0 Å². The Kier molecular flexibility index (Phi) is 48.4. The molecule has 51 valence electrons. The Labute approximate surface area is 162 Å². The Bertz CT molecular complexity index is 76.5. The maximum atomic E-state index is 8.88. The molecule has 0 amide bonds. The Morgan fingerprint density at radius 3 is 1.00 bits per heavy atom. The summed E-state index contributed by atoms with van der Waals surface area (Å²) >= 11 is 0. The first kappa shape index (κ1) is 29.2. The van der Waals surface area contributed by atoms with Crippen molar-refractivity contribution in [2.75, 3.05) is 0 Å². The molecule has 9 heteroatoms. The van der Waals surface area contributed by atoms with Crippen molar-refractivity contribution in [1.29, 1.82) is 0 Å². The van der Waals surface area contributed by atoms with Gasteiger partial charge in [0.05, 0.1) is 0 Å². The van der Waals surface area contributed by atoms with Crippen LogP contribution in [0, 0.1) is 0 Å². The van der Waals surface area contributed by atoms with Gasteiger partial charge in [0.25, 0.3) is 0 Å². The van der Waals surface area contributed by atoms with E-state index in [0.29, 0.717) is 0 Å². The molecule has 0 heterocycles. The van der Waals surface area contributed by atoms with E-state index < -0.39 is 7.82 Å². The van der Waals surface area contributed by atoms with Crippen LogP contribution < -0.4 is 0 Å². The fourth-order valence-electron chi connectivity index (χ4n) is 0. The van der Waals surface area contributed by atoms with E-state index in [9.17, 15) is 0 Å². The van der Waals surface area contributed by atoms with Crippen molar-refractivity contribution in [2.45, 2.75) is 0 Å². The second-order valence-corrected chi connectivity index (χ2v) is 1.54. The van der Waals surface area contributed by atoms with Gasteiger partial charge in [-0.1, -0.05) is 0 Å². The van der Waals surface area contributed by atoms with Crippen LogP contribution in [-0.4, -0.2) is 128 Å². The predicted octanol–water partition coefficient (Wildman–Crippen LogP) is -1.40. The first-order valence-electron chi connectivity index (χ1n) is 0.783. The summed E-state index contributed by atoms with van der Waals surface area (Å²) in [7, 11) is -4.64. The molecule has 0 aliphatic carbocycles. The summed E-state index contributed by atoms with van der Waals surface area (Å²) in [5.74, 6) is 0. The van der Waals surface area contributed by atoms with E-state index in [1.165, 1.54) is 0 Å². The Balaban J connectivity index is -0.00000000178. The third-order valence-corrected chi connectivity index (χ3v) is 0. The van der Waals surface area contributed by atoms with Gasteiger partial charge >= 0.3 is 121 Å². The molecule has 4 nitrogen and oxygen atoms in total. The number of phosphoric acid groups is 1. The molecule has 0 aromatic rings. The number of hydrogen-bond acceptors (Lipinski definition) is 1. The van der Waals surface area contributed by atoms with Crippen LogP contribution in [-0.2, 0) is 21.6 Å². The van der Waals surface area contributed by atoms with Crippen LogP contribution in [0.1, 0.15) is 8.56 Å². The van der Waals surface area contributed by atoms with Crippen molar-refractivity contribution >= 4 is 121 Å². The van der Waals surface area contributed by atoms with Gasteiger partial charge in [-0.2, -0.15) is 0 Å². The average molecular weight is 279 g/mol. The molecule has 0 aromatic heterocycles. The van der Waals surface area contributed by atoms with Crippen molar-refractivity contribution in [3.63, 3.8) is 0 Å². The summed E-state index contributed by atoms with van der Waals surface area (Å²) in [6.45, 7) is 0. The molecule has 0 spiro atoms. The molecule has 0 aromatic carbocycles. The maximum absolute atomic E-state index is 8.88.